The Balaban J connectivity index is 0.977. The molecule has 4 amide bonds. The van der Waals surface area contributed by atoms with E-state index in [0.29, 0.717) is 42.5 Å². The normalized spacial score (nSPS) is 28.4. The predicted octanol–water partition coefficient (Wildman–Crippen LogP) is 8.48. The Bertz CT molecular complexity index is 1590. The third-order valence-corrected chi connectivity index (χ3v) is 15.0. The van der Waals surface area contributed by atoms with Crippen molar-refractivity contribution in [2.24, 2.45) is 52.3 Å². The van der Waals surface area contributed by atoms with Crippen LogP contribution in [0.5, 0.6) is 0 Å². The Morgan fingerprint density at radius 1 is 0.831 bits per heavy atom. The molecule has 0 radical (unpaired) electrons. The SMILES string of the molecule is CC(C)CCCC(C)[C@H]1CC[C@H]2[C@@H]3CC=C4C[C@@H](OCCCNC(=O)CCC(=O)NC(CC(C)C)C(=O)NCC(=O)Nc5ccc(CO)cc5)CC[C@]4(C)[C@H]3CC[C@]12C. The summed E-state index contributed by atoms with van der Waals surface area (Å²) in [6.45, 7) is 17.2. The topological polar surface area (TPSA) is 146 Å². The highest BCUT2D eigenvalue weighted by Crippen LogP contribution is 2.67. The van der Waals surface area contributed by atoms with Gasteiger partial charge in [0.15, 0.2) is 0 Å². The van der Waals surface area contributed by atoms with Crippen LogP contribution in [0, 0.1) is 52.3 Å². The minimum Gasteiger partial charge on any atom is -0.392 e. The van der Waals surface area contributed by atoms with Crippen LogP contribution in [0.2, 0.25) is 0 Å². The number of hydrogen-bond acceptors (Lipinski definition) is 6. The fourth-order valence-corrected chi connectivity index (χ4v) is 11.8. The second-order valence-electron chi connectivity index (χ2n) is 20.1. The highest BCUT2D eigenvalue weighted by Gasteiger charge is 2.59. The van der Waals surface area contributed by atoms with E-state index in [9.17, 15) is 24.3 Å². The van der Waals surface area contributed by atoms with Gasteiger partial charge in [-0.3, -0.25) is 19.2 Å². The van der Waals surface area contributed by atoms with Crippen molar-refractivity contribution >= 4 is 29.3 Å². The number of rotatable bonds is 21. The number of allylic oxidation sites excluding steroid dienone is 1. The zero-order chi connectivity index (χ0) is 42.7. The van der Waals surface area contributed by atoms with Gasteiger partial charge in [0.05, 0.1) is 19.3 Å². The van der Waals surface area contributed by atoms with Crippen LogP contribution in [0.1, 0.15) is 150 Å². The quantitative estimate of drug-likeness (QED) is 0.0622. The molecule has 10 nitrogen and oxygen atoms in total. The first-order valence-corrected chi connectivity index (χ1v) is 23.3. The fourth-order valence-electron chi connectivity index (χ4n) is 11.8. The smallest absolute Gasteiger partial charge is 0.243 e. The molecule has 4 aliphatic rings. The second kappa shape index (κ2) is 21.5. The molecule has 10 heteroatoms. The van der Waals surface area contributed by atoms with Gasteiger partial charge in [0.2, 0.25) is 23.6 Å². The molecule has 0 aromatic heterocycles. The largest absolute Gasteiger partial charge is 0.392 e. The predicted molar refractivity (Wildman–Crippen MR) is 235 cm³/mol. The lowest BCUT2D eigenvalue weighted by atomic mass is 9.47. The number of carbonyl (C=O) groups excluding carboxylic acids is 4. The zero-order valence-electron chi connectivity index (χ0n) is 37.5. The standard InChI is InChI=1S/C49H78N4O6/c1-32(2)10-8-11-34(5)40-18-19-41-39-17-14-36-29-38(22-24-48(36,6)42(39)23-25-49(40,41)7)59-27-9-26-50-44(55)20-21-45(56)53-43(28-33(3)4)47(58)51-30-46(57)52-37-15-12-35(31-54)13-16-37/h12-16,32-34,38-43,54H,8-11,17-31H2,1-7H3,(H,50,55)(H,51,58)(H,52,57)(H,53,56)/t34?,38-,39-,40+,41-,42-,43?,48-,49+/m0/s1. The maximum atomic E-state index is 12.9. The maximum Gasteiger partial charge on any atom is 0.243 e. The van der Waals surface area contributed by atoms with Gasteiger partial charge in [-0.15, -0.1) is 0 Å². The molecule has 3 fully saturated rings. The summed E-state index contributed by atoms with van der Waals surface area (Å²) >= 11 is 0. The number of anilines is 1. The Morgan fingerprint density at radius 3 is 2.29 bits per heavy atom. The highest BCUT2D eigenvalue weighted by atomic mass is 16.5. The van der Waals surface area contributed by atoms with Crippen LogP contribution in [0.3, 0.4) is 0 Å². The summed E-state index contributed by atoms with van der Waals surface area (Å²) in [6, 6.07) is 5.93. The van der Waals surface area contributed by atoms with Crippen molar-refractivity contribution in [2.45, 2.75) is 164 Å². The monoisotopic (exact) mass is 819 g/mol. The average molecular weight is 819 g/mol. The van der Waals surface area contributed by atoms with Crippen LogP contribution in [0.4, 0.5) is 5.69 Å². The molecule has 0 bridgehead atoms. The van der Waals surface area contributed by atoms with Gasteiger partial charge < -0.3 is 31.1 Å². The minimum atomic E-state index is -0.820. The molecule has 1 aromatic carbocycles. The summed E-state index contributed by atoms with van der Waals surface area (Å²) in [7, 11) is 0. The Labute approximate surface area is 355 Å². The molecule has 9 atom stereocenters. The van der Waals surface area contributed by atoms with E-state index in [1.54, 1.807) is 29.8 Å². The number of benzene rings is 1. The molecule has 3 saturated carbocycles. The lowest BCUT2D eigenvalue weighted by molar-refractivity contribution is -0.131. The van der Waals surface area contributed by atoms with Crippen molar-refractivity contribution < 1.29 is 29.0 Å². The molecular weight excluding hydrogens is 741 g/mol. The van der Waals surface area contributed by atoms with Gasteiger partial charge in [-0.1, -0.05) is 91.5 Å². The minimum absolute atomic E-state index is 0.0235. The Kier molecular flexibility index (Phi) is 17.1. The zero-order valence-corrected chi connectivity index (χ0v) is 37.5. The molecule has 5 rings (SSSR count). The van der Waals surface area contributed by atoms with Gasteiger partial charge in [0, 0.05) is 31.7 Å². The third kappa shape index (κ3) is 12.4. The van der Waals surface area contributed by atoms with Gasteiger partial charge in [-0.2, -0.15) is 0 Å². The average Bonchev–Trinajstić information content (AvgIpc) is 3.56. The number of ether oxygens (including phenoxy) is 1. The van der Waals surface area contributed by atoms with Crippen LogP contribution in [-0.4, -0.2) is 60.6 Å². The molecular formula is C49H78N4O6. The van der Waals surface area contributed by atoms with Crippen LogP contribution in [0.25, 0.3) is 0 Å². The third-order valence-electron chi connectivity index (χ3n) is 15.0. The van der Waals surface area contributed by atoms with E-state index in [0.717, 1.165) is 53.9 Å². The molecule has 2 unspecified atom stereocenters. The lowest BCUT2D eigenvalue weighted by Crippen LogP contribution is -2.51. The molecule has 5 N–H and O–H groups in total. The van der Waals surface area contributed by atoms with Crippen molar-refractivity contribution in [1.29, 1.82) is 0 Å². The molecule has 330 valence electrons. The van der Waals surface area contributed by atoms with Crippen LogP contribution in [-0.2, 0) is 30.5 Å². The molecule has 59 heavy (non-hydrogen) atoms. The number of amides is 4. The van der Waals surface area contributed by atoms with Crippen LogP contribution >= 0.6 is 0 Å². The summed E-state index contributed by atoms with van der Waals surface area (Å²) in [5, 5.41) is 20.2. The summed E-state index contributed by atoms with van der Waals surface area (Å²) in [4.78, 5) is 50.7. The Morgan fingerprint density at radius 2 is 1.58 bits per heavy atom. The van der Waals surface area contributed by atoms with Crippen molar-refractivity contribution in [3.8, 4) is 0 Å². The molecule has 0 heterocycles. The van der Waals surface area contributed by atoms with Gasteiger partial charge in [0.25, 0.3) is 0 Å². The van der Waals surface area contributed by atoms with Gasteiger partial charge in [-0.05, 0) is 134 Å². The number of fused-ring (bicyclic) bond motifs is 5. The van der Waals surface area contributed by atoms with E-state index in [1.807, 2.05) is 13.8 Å². The number of nitrogens with one attached hydrogen (secondary N) is 4. The number of hydrogen-bond donors (Lipinski definition) is 5. The van der Waals surface area contributed by atoms with Crippen LogP contribution in [0.15, 0.2) is 35.9 Å². The van der Waals surface area contributed by atoms with E-state index in [-0.39, 0.29) is 49.8 Å². The highest BCUT2D eigenvalue weighted by molar-refractivity contribution is 5.96. The van der Waals surface area contributed by atoms with Crippen molar-refractivity contribution in [3.63, 3.8) is 0 Å². The second-order valence-corrected chi connectivity index (χ2v) is 20.1. The fraction of sp³-hybridized carbons (Fsp3) is 0.755. The maximum absolute atomic E-state index is 12.9. The van der Waals surface area contributed by atoms with Crippen molar-refractivity contribution in [3.05, 3.63) is 41.5 Å². The first kappa shape index (κ1) is 46.8. The first-order chi connectivity index (χ1) is 28.1. The number of carbonyl (C=O) groups is 4. The van der Waals surface area contributed by atoms with E-state index in [1.165, 1.54) is 57.8 Å². The number of aliphatic hydroxyl groups is 1. The van der Waals surface area contributed by atoms with Crippen LogP contribution < -0.4 is 21.3 Å². The van der Waals surface area contributed by atoms with Gasteiger partial charge in [0.1, 0.15) is 6.04 Å². The molecule has 1 aromatic rings. The van der Waals surface area contributed by atoms with Gasteiger partial charge >= 0.3 is 0 Å². The summed E-state index contributed by atoms with van der Waals surface area (Å²) < 4.78 is 6.41. The van der Waals surface area contributed by atoms with E-state index in [2.05, 4.69) is 62.0 Å². The summed E-state index contributed by atoms with van der Waals surface area (Å²) in [5.74, 6) is 3.70. The number of aliphatic hydroxyl groups excluding tert-OH is 1. The van der Waals surface area contributed by atoms with Crippen molar-refractivity contribution in [1.82, 2.24) is 16.0 Å². The summed E-state index contributed by atoms with van der Waals surface area (Å²) in [6.07, 6.45) is 18.3. The van der Waals surface area contributed by atoms with E-state index < -0.39 is 17.9 Å². The van der Waals surface area contributed by atoms with Crippen molar-refractivity contribution in [2.75, 3.05) is 25.0 Å². The lowest BCUT2D eigenvalue weighted by Gasteiger charge is -2.58. The molecule has 0 aliphatic heterocycles. The summed E-state index contributed by atoms with van der Waals surface area (Å²) in [5.41, 5.74) is 3.73. The van der Waals surface area contributed by atoms with Gasteiger partial charge in [-0.25, -0.2) is 0 Å². The Hall–Kier alpha value is -3.24. The van der Waals surface area contributed by atoms with E-state index >= 15 is 0 Å². The van der Waals surface area contributed by atoms with E-state index in [4.69, 9.17) is 4.74 Å². The first-order valence-electron chi connectivity index (χ1n) is 23.3. The molecule has 4 aliphatic carbocycles. The molecule has 0 spiro atoms. The molecule has 0 saturated heterocycles.